The van der Waals surface area contributed by atoms with Crippen LogP contribution in [0.1, 0.15) is 29.5 Å². The molecule has 1 aromatic carbocycles. The average molecular weight is 448 g/mol. The van der Waals surface area contributed by atoms with Crippen molar-refractivity contribution in [2.45, 2.75) is 44.6 Å². The molecular formula is C20H39N2O5SSi+. The quantitative estimate of drug-likeness (QED) is 0.286. The summed E-state index contributed by atoms with van der Waals surface area (Å²) in [5.74, 6) is 0. The van der Waals surface area contributed by atoms with Crippen LogP contribution in [0.4, 0.5) is 0 Å². The van der Waals surface area contributed by atoms with Crippen molar-refractivity contribution < 1.29 is 26.2 Å². The maximum Gasteiger partial charge on any atom is 0.500 e. The van der Waals surface area contributed by atoms with Crippen LogP contribution in [0.3, 0.4) is 0 Å². The fourth-order valence-corrected chi connectivity index (χ4v) is 6.99. The normalized spacial score (nSPS) is 13.1. The molecule has 0 atom stereocenters. The second kappa shape index (κ2) is 11.0. The Morgan fingerprint density at radius 3 is 1.90 bits per heavy atom. The van der Waals surface area contributed by atoms with Crippen LogP contribution in [-0.4, -0.2) is 76.8 Å². The molecule has 168 valence electrons. The molecule has 0 aromatic heterocycles. The minimum atomic E-state index is -3.50. The predicted molar refractivity (Wildman–Crippen MR) is 119 cm³/mol. The zero-order valence-electron chi connectivity index (χ0n) is 19.3. The zero-order valence-corrected chi connectivity index (χ0v) is 21.1. The molecule has 1 N–H and O–H groups in total. The summed E-state index contributed by atoms with van der Waals surface area (Å²) in [6, 6.07) is 4.58. The van der Waals surface area contributed by atoms with Gasteiger partial charge in [-0.1, -0.05) is 17.7 Å². The molecule has 0 fully saturated rings. The fraction of sp³-hybridized carbons (Fsp3) is 0.700. The molecular weight excluding hydrogens is 408 g/mol. The predicted octanol–water partition coefficient (Wildman–Crippen LogP) is 2.62. The molecule has 0 unspecified atom stereocenters. The molecule has 0 saturated carbocycles. The Kier molecular flexibility index (Phi) is 9.94. The molecule has 0 radical (unpaired) electrons. The van der Waals surface area contributed by atoms with E-state index < -0.39 is 18.8 Å². The minimum Gasteiger partial charge on any atom is -0.377 e. The van der Waals surface area contributed by atoms with E-state index in [1.165, 1.54) is 0 Å². The zero-order chi connectivity index (χ0) is 22.3. The van der Waals surface area contributed by atoms with E-state index >= 15 is 0 Å². The van der Waals surface area contributed by atoms with Gasteiger partial charge in [-0.3, -0.25) is 0 Å². The Balaban J connectivity index is 2.54. The second-order valence-electron chi connectivity index (χ2n) is 8.26. The lowest BCUT2D eigenvalue weighted by molar-refractivity contribution is -0.890. The molecule has 0 spiro atoms. The number of hydrogen-bond donors (Lipinski definition) is 1. The molecule has 0 bridgehead atoms. The summed E-state index contributed by atoms with van der Waals surface area (Å²) in [7, 11) is 3.15. The first-order valence-corrected chi connectivity index (χ1v) is 13.4. The largest absolute Gasteiger partial charge is 0.500 e. The summed E-state index contributed by atoms with van der Waals surface area (Å²) in [6.07, 6.45) is 1.68. The van der Waals surface area contributed by atoms with Gasteiger partial charge in [-0.05, 0) is 31.9 Å². The summed E-state index contributed by atoms with van der Waals surface area (Å²) in [5, 5.41) is 0. The standard InChI is InChI=1S/C20H39N2O5SSi/c1-17-15-18(2)20(19(3)16-17)28(23,24)21-11-9-12-22(4,5)13-10-14-29(25-6,26-7)27-8/h15-16,21H,9-14H2,1-8H3/q+1. The Hall–Kier alpha value is -0.813. The Morgan fingerprint density at radius 1 is 0.931 bits per heavy atom. The molecule has 0 aliphatic carbocycles. The molecule has 0 heterocycles. The maximum atomic E-state index is 12.7. The van der Waals surface area contributed by atoms with Crippen molar-refractivity contribution >= 4 is 18.8 Å². The van der Waals surface area contributed by atoms with Gasteiger partial charge in [0.2, 0.25) is 10.0 Å². The Morgan fingerprint density at radius 2 is 1.41 bits per heavy atom. The number of aryl methyl sites for hydroxylation is 3. The van der Waals surface area contributed by atoms with Crippen LogP contribution >= 0.6 is 0 Å². The van der Waals surface area contributed by atoms with E-state index in [0.717, 1.165) is 53.1 Å². The molecule has 0 amide bonds. The van der Waals surface area contributed by atoms with Crippen molar-refractivity contribution in [1.82, 2.24) is 4.72 Å². The van der Waals surface area contributed by atoms with E-state index in [1.807, 2.05) is 32.9 Å². The van der Waals surface area contributed by atoms with Gasteiger partial charge in [0.1, 0.15) is 0 Å². The van der Waals surface area contributed by atoms with E-state index in [0.29, 0.717) is 11.4 Å². The monoisotopic (exact) mass is 447 g/mol. The van der Waals surface area contributed by atoms with Crippen molar-refractivity contribution in [3.05, 3.63) is 28.8 Å². The smallest absolute Gasteiger partial charge is 0.377 e. The van der Waals surface area contributed by atoms with E-state index in [1.54, 1.807) is 21.3 Å². The number of benzene rings is 1. The van der Waals surface area contributed by atoms with Gasteiger partial charge in [-0.25, -0.2) is 13.1 Å². The van der Waals surface area contributed by atoms with Gasteiger partial charge in [-0.15, -0.1) is 0 Å². The van der Waals surface area contributed by atoms with Gasteiger partial charge in [0.05, 0.1) is 32.1 Å². The molecule has 7 nitrogen and oxygen atoms in total. The highest BCUT2D eigenvalue weighted by atomic mass is 32.2. The molecule has 0 saturated heterocycles. The number of hydrogen-bond acceptors (Lipinski definition) is 5. The van der Waals surface area contributed by atoms with Gasteiger partial charge in [0.25, 0.3) is 0 Å². The van der Waals surface area contributed by atoms with Gasteiger partial charge in [0, 0.05) is 46.8 Å². The topological polar surface area (TPSA) is 73.9 Å². The average Bonchev–Trinajstić information content (AvgIpc) is 2.62. The van der Waals surface area contributed by atoms with Crippen LogP contribution in [0, 0.1) is 20.8 Å². The highest BCUT2D eigenvalue weighted by molar-refractivity contribution is 7.89. The number of quaternary nitrogens is 1. The van der Waals surface area contributed by atoms with E-state index in [-0.39, 0.29) is 0 Å². The molecule has 0 aliphatic rings. The molecule has 9 heteroatoms. The highest BCUT2D eigenvalue weighted by Crippen LogP contribution is 2.21. The summed E-state index contributed by atoms with van der Waals surface area (Å²) in [6.45, 7) is 7.89. The van der Waals surface area contributed by atoms with Crippen LogP contribution in [0.25, 0.3) is 0 Å². The summed E-state index contributed by atoms with van der Waals surface area (Å²) in [4.78, 5) is 0.400. The lowest BCUT2D eigenvalue weighted by Crippen LogP contribution is -2.46. The first-order valence-electron chi connectivity index (χ1n) is 9.97. The molecule has 0 aliphatic heterocycles. The summed E-state index contributed by atoms with van der Waals surface area (Å²) < 4.78 is 45.4. The van der Waals surface area contributed by atoms with Gasteiger partial charge < -0.3 is 17.8 Å². The summed E-state index contributed by atoms with van der Waals surface area (Å²) >= 11 is 0. The molecule has 1 aromatic rings. The summed E-state index contributed by atoms with van der Waals surface area (Å²) in [5.41, 5.74) is 2.64. The van der Waals surface area contributed by atoms with Crippen molar-refractivity contribution in [3.8, 4) is 0 Å². The van der Waals surface area contributed by atoms with E-state index in [4.69, 9.17) is 13.3 Å². The lowest BCUT2D eigenvalue weighted by atomic mass is 10.1. The molecule has 1 rings (SSSR count). The van der Waals surface area contributed by atoms with Crippen molar-refractivity contribution in [2.24, 2.45) is 0 Å². The Labute approximate surface area is 178 Å². The number of nitrogens with one attached hydrogen (secondary N) is 1. The third kappa shape index (κ3) is 7.75. The van der Waals surface area contributed by atoms with Crippen LogP contribution in [0.2, 0.25) is 6.04 Å². The third-order valence-electron chi connectivity index (χ3n) is 5.29. The second-order valence-corrected chi connectivity index (χ2v) is 13.1. The van der Waals surface area contributed by atoms with Crippen molar-refractivity contribution in [1.29, 1.82) is 0 Å². The number of sulfonamides is 1. The van der Waals surface area contributed by atoms with Crippen LogP contribution < -0.4 is 4.72 Å². The third-order valence-corrected chi connectivity index (χ3v) is 9.88. The van der Waals surface area contributed by atoms with Gasteiger partial charge in [-0.2, -0.15) is 0 Å². The number of rotatable bonds is 13. The maximum absolute atomic E-state index is 12.7. The number of nitrogens with zero attached hydrogens (tertiary/aromatic N) is 1. The first kappa shape index (κ1) is 26.2. The van der Waals surface area contributed by atoms with Crippen LogP contribution in [0.15, 0.2) is 17.0 Å². The molecule has 29 heavy (non-hydrogen) atoms. The minimum absolute atomic E-state index is 0.400. The fourth-order valence-electron chi connectivity index (χ4n) is 3.77. The lowest BCUT2D eigenvalue weighted by Gasteiger charge is -2.31. The first-order chi connectivity index (χ1) is 13.4. The van der Waals surface area contributed by atoms with Gasteiger partial charge >= 0.3 is 8.80 Å². The van der Waals surface area contributed by atoms with Crippen LogP contribution in [-0.2, 0) is 23.3 Å². The van der Waals surface area contributed by atoms with Crippen molar-refractivity contribution in [3.63, 3.8) is 0 Å². The van der Waals surface area contributed by atoms with E-state index in [9.17, 15) is 8.42 Å². The van der Waals surface area contributed by atoms with Crippen LogP contribution in [0.5, 0.6) is 0 Å². The SMILES string of the molecule is CO[Si](CCC[N+](C)(C)CCCNS(=O)(=O)c1c(C)cc(C)cc1C)(OC)OC. The van der Waals surface area contributed by atoms with Gasteiger partial charge in [0.15, 0.2) is 0 Å². The van der Waals surface area contributed by atoms with E-state index in [2.05, 4.69) is 18.8 Å². The highest BCUT2D eigenvalue weighted by Gasteiger charge is 2.37. The van der Waals surface area contributed by atoms with Crippen molar-refractivity contribution in [2.75, 3.05) is 55.1 Å². The Bertz CT molecular complexity index is 733.